The Morgan fingerprint density at radius 3 is 2.85 bits per heavy atom. The molecule has 108 valence electrons. The van der Waals surface area contributed by atoms with Crippen LogP contribution in [0.3, 0.4) is 0 Å². The van der Waals surface area contributed by atoms with Crippen LogP contribution in [0.5, 0.6) is 5.75 Å². The first kappa shape index (κ1) is 14.4. The van der Waals surface area contributed by atoms with Crippen LogP contribution in [-0.4, -0.2) is 30.1 Å². The summed E-state index contributed by atoms with van der Waals surface area (Å²) in [6, 6.07) is 4.87. The third-order valence-corrected chi connectivity index (χ3v) is 3.71. The van der Waals surface area contributed by atoms with Crippen molar-refractivity contribution in [1.29, 1.82) is 0 Å². The van der Waals surface area contributed by atoms with Gasteiger partial charge in [-0.2, -0.15) is 0 Å². The normalized spacial score (nSPS) is 18.8. The molecule has 0 aliphatic heterocycles. The van der Waals surface area contributed by atoms with Gasteiger partial charge in [0.05, 0.1) is 13.0 Å². The average Bonchev–Trinajstić information content (AvgIpc) is 2.45. The van der Waals surface area contributed by atoms with E-state index in [4.69, 9.17) is 9.84 Å². The van der Waals surface area contributed by atoms with Gasteiger partial charge in [-0.15, -0.1) is 0 Å². The van der Waals surface area contributed by atoms with Gasteiger partial charge in [0.2, 0.25) is 5.91 Å². The number of amides is 1. The first-order valence-electron chi connectivity index (χ1n) is 6.73. The Hall–Kier alpha value is -2.04. The maximum atomic E-state index is 12.3. The molecule has 0 saturated carbocycles. The molecule has 2 atom stereocenters. The lowest BCUT2D eigenvalue weighted by Gasteiger charge is -2.26. The van der Waals surface area contributed by atoms with Crippen molar-refractivity contribution in [2.24, 2.45) is 0 Å². The highest BCUT2D eigenvalue weighted by molar-refractivity contribution is 5.88. The maximum Gasteiger partial charge on any atom is 0.325 e. The minimum atomic E-state index is -1.03. The quantitative estimate of drug-likeness (QED) is 0.878. The van der Waals surface area contributed by atoms with Gasteiger partial charge in [-0.05, 0) is 49.4 Å². The standard InChI is InChI=1S/C15H19NO4/c1-9(15(18)19)16-14(17)12-5-3-4-10-6-7-11(20-2)8-13(10)12/h6-9,12H,3-5H2,1-2H3,(H,16,17)(H,18,19)/t9-,12?/m0/s1. The Morgan fingerprint density at radius 1 is 1.45 bits per heavy atom. The van der Waals surface area contributed by atoms with E-state index in [2.05, 4.69) is 5.32 Å². The van der Waals surface area contributed by atoms with Gasteiger partial charge in [0.15, 0.2) is 0 Å². The second kappa shape index (κ2) is 5.94. The van der Waals surface area contributed by atoms with E-state index in [0.717, 1.165) is 36.1 Å². The molecule has 0 fully saturated rings. The van der Waals surface area contributed by atoms with Gasteiger partial charge in [0.1, 0.15) is 11.8 Å². The summed E-state index contributed by atoms with van der Waals surface area (Å²) in [6.45, 7) is 1.47. The molecule has 5 heteroatoms. The number of carboxylic acid groups (broad SMARTS) is 1. The van der Waals surface area contributed by atoms with Crippen molar-refractivity contribution in [1.82, 2.24) is 5.32 Å². The van der Waals surface area contributed by atoms with Crippen molar-refractivity contribution >= 4 is 11.9 Å². The number of ether oxygens (including phenoxy) is 1. The number of aliphatic carboxylic acids is 1. The van der Waals surface area contributed by atoms with E-state index in [1.54, 1.807) is 7.11 Å². The van der Waals surface area contributed by atoms with E-state index in [0.29, 0.717) is 0 Å². The zero-order valence-electron chi connectivity index (χ0n) is 11.7. The van der Waals surface area contributed by atoms with Crippen molar-refractivity contribution in [3.63, 3.8) is 0 Å². The molecule has 0 spiro atoms. The molecule has 1 aliphatic carbocycles. The smallest absolute Gasteiger partial charge is 0.325 e. The van der Waals surface area contributed by atoms with Crippen molar-refractivity contribution < 1.29 is 19.4 Å². The van der Waals surface area contributed by atoms with Gasteiger partial charge >= 0.3 is 5.97 Å². The third kappa shape index (κ3) is 2.92. The summed E-state index contributed by atoms with van der Waals surface area (Å²) in [7, 11) is 1.59. The SMILES string of the molecule is COc1ccc2c(c1)C(C(=O)N[C@@H](C)C(=O)O)CCC2. The highest BCUT2D eigenvalue weighted by Gasteiger charge is 2.28. The zero-order chi connectivity index (χ0) is 14.7. The van der Waals surface area contributed by atoms with Gasteiger partial charge in [0, 0.05) is 0 Å². The molecular formula is C15H19NO4. The summed E-state index contributed by atoms with van der Waals surface area (Å²) in [5.74, 6) is -0.834. The lowest BCUT2D eigenvalue weighted by Crippen LogP contribution is -2.41. The van der Waals surface area contributed by atoms with Crippen molar-refractivity contribution in [3.8, 4) is 5.75 Å². The fourth-order valence-electron chi connectivity index (χ4n) is 2.55. The molecule has 1 aliphatic rings. The van der Waals surface area contributed by atoms with Gasteiger partial charge in [-0.1, -0.05) is 6.07 Å². The van der Waals surface area contributed by atoms with Gasteiger partial charge in [0.25, 0.3) is 0 Å². The fraction of sp³-hybridized carbons (Fsp3) is 0.467. The topological polar surface area (TPSA) is 75.6 Å². The number of nitrogens with one attached hydrogen (secondary N) is 1. The number of carbonyl (C=O) groups excluding carboxylic acids is 1. The van der Waals surface area contributed by atoms with Crippen LogP contribution in [0.2, 0.25) is 0 Å². The van der Waals surface area contributed by atoms with E-state index < -0.39 is 12.0 Å². The van der Waals surface area contributed by atoms with Crippen LogP contribution >= 0.6 is 0 Å². The minimum absolute atomic E-state index is 0.228. The van der Waals surface area contributed by atoms with Gasteiger partial charge < -0.3 is 15.2 Å². The lowest BCUT2D eigenvalue weighted by atomic mass is 9.82. The summed E-state index contributed by atoms with van der Waals surface area (Å²) in [5.41, 5.74) is 2.09. The number of rotatable bonds is 4. The van der Waals surface area contributed by atoms with Crippen LogP contribution < -0.4 is 10.1 Å². The molecule has 20 heavy (non-hydrogen) atoms. The number of methoxy groups -OCH3 is 1. The monoisotopic (exact) mass is 277 g/mol. The maximum absolute atomic E-state index is 12.3. The molecule has 1 amide bonds. The largest absolute Gasteiger partial charge is 0.497 e. The second-order valence-electron chi connectivity index (χ2n) is 5.08. The molecule has 2 N–H and O–H groups in total. The van der Waals surface area contributed by atoms with E-state index in [1.165, 1.54) is 6.92 Å². The second-order valence-corrected chi connectivity index (χ2v) is 5.08. The summed E-state index contributed by atoms with van der Waals surface area (Å²) in [6.07, 6.45) is 2.61. The summed E-state index contributed by atoms with van der Waals surface area (Å²) in [5, 5.41) is 11.4. The number of carboxylic acids is 1. The predicted octanol–water partition coefficient (Wildman–Crippen LogP) is 1.70. The molecule has 0 aromatic heterocycles. The zero-order valence-corrected chi connectivity index (χ0v) is 11.7. The number of hydrogen-bond acceptors (Lipinski definition) is 3. The first-order valence-corrected chi connectivity index (χ1v) is 6.73. The fourth-order valence-corrected chi connectivity index (χ4v) is 2.55. The molecule has 1 unspecified atom stereocenters. The lowest BCUT2D eigenvalue weighted by molar-refractivity contribution is -0.141. The van der Waals surface area contributed by atoms with E-state index in [1.807, 2.05) is 18.2 Å². The molecule has 0 saturated heterocycles. The number of aryl methyl sites for hydroxylation is 1. The predicted molar refractivity (Wildman–Crippen MR) is 73.9 cm³/mol. The van der Waals surface area contributed by atoms with Crippen molar-refractivity contribution in [2.75, 3.05) is 7.11 Å². The molecule has 0 heterocycles. The summed E-state index contributed by atoms with van der Waals surface area (Å²) >= 11 is 0. The Labute approximate surface area is 117 Å². The van der Waals surface area contributed by atoms with Gasteiger partial charge in [-0.25, -0.2) is 0 Å². The van der Waals surface area contributed by atoms with Crippen LogP contribution in [0.25, 0.3) is 0 Å². The molecule has 1 aromatic carbocycles. The van der Waals surface area contributed by atoms with E-state index in [-0.39, 0.29) is 11.8 Å². The number of benzene rings is 1. The molecule has 0 bridgehead atoms. The van der Waals surface area contributed by atoms with E-state index >= 15 is 0 Å². The third-order valence-electron chi connectivity index (χ3n) is 3.71. The number of carbonyl (C=O) groups is 2. The van der Waals surface area contributed by atoms with Gasteiger partial charge in [-0.3, -0.25) is 9.59 Å². The molecule has 0 radical (unpaired) electrons. The highest BCUT2D eigenvalue weighted by Crippen LogP contribution is 2.34. The number of hydrogen-bond donors (Lipinski definition) is 2. The van der Waals surface area contributed by atoms with Crippen LogP contribution in [0, 0.1) is 0 Å². The molecule has 2 rings (SSSR count). The van der Waals surface area contributed by atoms with Crippen molar-refractivity contribution in [3.05, 3.63) is 29.3 Å². The Bertz CT molecular complexity index is 527. The van der Waals surface area contributed by atoms with Crippen LogP contribution in [0.4, 0.5) is 0 Å². The summed E-state index contributed by atoms with van der Waals surface area (Å²) < 4.78 is 5.20. The Balaban J connectivity index is 2.22. The first-order chi connectivity index (χ1) is 9.52. The van der Waals surface area contributed by atoms with E-state index in [9.17, 15) is 9.59 Å². The minimum Gasteiger partial charge on any atom is -0.497 e. The Morgan fingerprint density at radius 2 is 2.20 bits per heavy atom. The highest BCUT2D eigenvalue weighted by atomic mass is 16.5. The number of fused-ring (bicyclic) bond motifs is 1. The Kier molecular flexibility index (Phi) is 4.27. The van der Waals surface area contributed by atoms with Crippen LogP contribution in [0.15, 0.2) is 18.2 Å². The van der Waals surface area contributed by atoms with Crippen LogP contribution in [0.1, 0.15) is 36.8 Å². The van der Waals surface area contributed by atoms with Crippen LogP contribution in [-0.2, 0) is 16.0 Å². The summed E-state index contributed by atoms with van der Waals surface area (Å²) in [4.78, 5) is 23.1. The molecule has 1 aromatic rings. The molecular weight excluding hydrogens is 258 g/mol. The average molecular weight is 277 g/mol. The van der Waals surface area contributed by atoms with Crippen molar-refractivity contribution in [2.45, 2.75) is 38.1 Å². The molecule has 5 nitrogen and oxygen atoms in total.